The van der Waals surface area contributed by atoms with Gasteiger partial charge in [-0.05, 0) is 65.9 Å². The molecule has 0 spiro atoms. The number of benzene rings is 1. The Morgan fingerprint density at radius 1 is 1.17 bits per heavy atom. The molecule has 0 fully saturated rings. The lowest BCUT2D eigenvalue weighted by molar-refractivity contribution is 0.551. The van der Waals surface area contributed by atoms with Crippen LogP contribution in [0.5, 0.6) is 0 Å². The minimum atomic E-state index is 0.434. The lowest BCUT2D eigenvalue weighted by Crippen LogP contribution is -2.22. The summed E-state index contributed by atoms with van der Waals surface area (Å²) in [6.45, 7) is 7.52. The van der Waals surface area contributed by atoms with Gasteiger partial charge in [0, 0.05) is 6.04 Å². The van der Waals surface area contributed by atoms with Crippen molar-refractivity contribution in [3.8, 4) is 0 Å². The quantitative estimate of drug-likeness (QED) is 0.846. The highest BCUT2D eigenvalue weighted by atomic mass is 32.1. The first-order chi connectivity index (χ1) is 8.70. The van der Waals surface area contributed by atoms with E-state index in [4.69, 9.17) is 0 Å². The summed E-state index contributed by atoms with van der Waals surface area (Å²) in [4.78, 5) is 0. The molecule has 0 saturated carbocycles. The molecule has 1 nitrogen and oxygen atoms in total. The van der Waals surface area contributed by atoms with Crippen LogP contribution in [0.15, 0.2) is 35.0 Å². The average Bonchev–Trinajstić information content (AvgIpc) is 2.87. The number of hydrogen-bond acceptors (Lipinski definition) is 2. The van der Waals surface area contributed by atoms with Gasteiger partial charge in [0.15, 0.2) is 0 Å². The Hall–Kier alpha value is -1.12. The molecule has 2 heteroatoms. The Morgan fingerprint density at radius 2 is 2.00 bits per heavy atom. The molecule has 0 radical (unpaired) electrons. The van der Waals surface area contributed by atoms with Crippen LogP contribution >= 0.6 is 11.3 Å². The number of aryl methyl sites for hydroxylation is 2. The maximum absolute atomic E-state index is 3.57. The van der Waals surface area contributed by atoms with Crippen molar-refractivity contribution in [1.82, 2.24) is 5.32 Å². The Bertz CT molecular complexity index is 488. The number of nitrogens with one attached hydrogen (secondary N) is 1. The standard InChI is InChI=1S/C16H21NS/c1-4-17-16(15-7-8-18-11-15)10-14-6-5-12(2)13(3)9-14/h5-9,11,16-17H,4,10H2,1-3H3. The molecule has 2 rings (SSSR count). The third-order valence-electron chi connectivity index (χ3n) is 3.41. The zero-order chi connectivity index (χ0) is 13.0. The summed E-state index contributed by atoms with van der Waals surface area (Å²) in [5.74, 6) is 0. The SMILES string of the molecule is CCNC(Cc1ccc(C)c(C)c1)c1ccsc1. The van der Waals surface area contributed by atoms with Crippen LogP contribution in [-0.4, -0.2) is 6.54 Å². The molecular weight excluding hydrogens is 238 g/mol. The second-order valence-corrected chi connectivity index (χ2v) is 5.57. The molecule has 0 aliphatic rings. The van der Waals surface area contributed by atoms with Crippen molar-refractivity contribution in [1.29, 1.82) is 0 Å². The Morgan fingerprint density at radius 3 is 2.61 bits per heavy atom. The van der Waals surface area contributed by atoms with Crippen molar-refractivity contribution in [3.05, 3.63) is 57.3 Å². The fourth-order valence-electron chi connectivity index (χ4n) is 2.19. The second-order valence-electron chi connectivity index (χ2n) is 4.79. The molecule has 1 heterocycles. The van der Waals surface area contributed by atoms with Crippen molar-refractivity contribution in [3.63, 3.8) is 0 Å². The van der Waals surface area contributed by atoms with Gasteiger partial charge in [-0.25, -0.2) is 0 Å². The molecule has 2 aromatic rings. The summed E-state index contributed by atoms with van der Waals surface area (Å²) in [7, 11) is 0. The molecule has 0 amide bonds. The van der Waals surface area contributed by atoms with Crippen LogP contribution in [0.1, 0.15) is 35.2 Å². The molecule has 1 atom stereocenters. The molecule has 96 valence electrons. The maximum atomic E-state index is 3.57. The zero-order valence-corrected chi connectivity index (χ0v) is 12.2. The van der Waals surface area contributed by atoms with E-state index in [9.17, 15) is 0 Å². The zero-order valence-electron chi connectivity index (χ0n) is 11.4. The van der Waals surface area contributed by atoms with Crippen LogP contribution in [0.4, 0.5) is 0 Å². The van der Waals surface area contributed by atoms with Gasteiger partial charge in [-0.15, -0.1) is 0 Å². The van der Waals surface area contributed by atoms with E-state index in [-0.39, 0.29) is 0 Å². The van der Waals surface area contributed by atoms with Crippen LogP contribution in [0, 0.1) is 13.8 Å². The smallest absolute Gasteiger partial charge is 0.0369 e. The third kappa shape index (κ3) is 3.21. The van der Waals surface area contributed by atoms with Crippen LogP contribution in [0.3, 0.4) is 0 Å². The van der Waals surface area contributed by atoms with E-state index in [1.165, 1.54) is 22.3 Å². The van der Waals surface area contributed by atoms with Gasteiger partial charge in [-0.3, -0.25) is 0 Å². The molecule has 18 heavy (non-hydrogen) atoms. The van der Waals surface area contributed by atoms with Crippen LogP contribution in [0.2, 0.25) is 0 Å². The van der Waals surface area contributed by atoms with E-state index >= 15 is 0 Å². The Balaban J connectivity index is 2.16. The fraction of sp³-hybridized carbons (Fsp3) is 0.375. The Kier molecular flexibility index (Phi) is 4.56. The number of hydrogen-bond donors (Lipinski definition) is 1. The molecule has 0 saturated heterocycles. The first kappa shape index (κ1) is 13.3. The molecule has 0 bridgehead atoms. The van der Waals surface area contributed by atoms with Gasteiger partial charge in [0.1, 0.15) is 0 Å². The van der Waals surface area contributed by atoms with Gasteiger partial charge in [0.05, 0.1) is 0 Å². The number of rotatable bonds is 5. The highest BCUT2D eigenvalue weighted by Crippen LogP contribution is 2.22. The van der Waals surface area contributed by atoms with E-state index in [1.807, 2.05) is 0 Å². The molecule has 0 aliphatic carbocycles. The molecule has 0 aliphatic heterocycles. The lowest BCUT2D eigenvalue weighted by atomic mass is 9.98. The normalized spacial score (nSPS) is 12.6. The van der Waals surface area contributed by atoms with Gasteiger partial charge >= 0.3 is 0 Å². The first-order valence-electron chi connectivity index (χ1n) is 6.52. The molecule has 1 aromatic carbocycles. The van der Waals surface area contributed by atoms with Gasteiger partial charge in [0.2, 0.25) is 0 Å². The van der Waals surface area contributed by atoms with Crippen molar-refractivity contribution >= 4 is 11.3 Å². The summed E-state index contributed by atoms with van der Waals surface area (Å²) in [5, 5.41) is 7.97. The van der Waals surface area contributed by atoms with Gasteiger partial charge in [-0.2, -0.15) is 11.3 Å². The number of thiophene rings is 1. The summed E-state index contributed by atoms with van der Waals surface area (Å²) in [6.07, 6.45) is 1.06. The summed E-state index contributed by atoms with van der Waals surface area (Å²) in [6, 6.07) is 9.44. The molecule has 1 unspecified atom stereocenters. The summed E-state index contributed by atoms with van der Waals surface area (Å²) >= 11 is 1.77. The third-order valence-corrected chi connectivity index (χ3v) is 4.11. The van der Waals surface area contributed by atoms with E-state index in [2.05, 4.69) is 61.1 Å². The van der Waals surface area contributed by atoms with E-state index in [1.54, 1.807) is 11.3 Å². The minimum Gasteiger partial charge on any atom is -0.310 e. The van der Waals surface area contributed by atoms with E-state index in [0.717, 1.165) is 13.0 Å². The summed E-state index contributed by atoms with van der Waals surface area (Å²) < 4.78 is 0. The monoisotopic (exact) mass is 259 g/mol. The lowest BCUT2D eigenvalue weighted by Gasteiger charge is -2.17. The largest absolute Gasteiger partial charge is 0.310 e. The topological polar surface area (TPSA) is 12.0 Å². The van der Waals surface area contributed by atoms with Gasteiger partial charge < -0.3 is 5.32 Å². The van der Waals surface area contributed by atoms with Crippen molar-refractivity contribution < 1.29 is 0 Å². The Labute approximate surface area is 114 Å². The van der Waals surface area contributed by atoms with Crippen LogP contribution in [0.25, 0.3) is 0 Å². The molecule has 1 aromatic heterocycles. The highest BCUT2D eigenvalue weighted by molar-refractivity contribution is 7.07. The first-order valence-corrected chi connectivity index (χ1v) is 7.46. The average molecular weight is 259 g/mol. The van der Waals surface area contributed by atoms with Crippen molar-refractivity contribution in [2.24, 2.45) is 0 Å². The van der Waals surface area contributed by atoms with Crippen LogP contribution < -0.4 is 5.32 Å². The molecule has 1 N–H and O–H groups in total. The van der Waals surface area contributed by atoms with E-state index in [0.29, 0.717) is 6.04 Å². The maximum Gasteiger partial charge on any atom is 0.0369 e. The summed E-state index contributed by atoms with van der Waals surface area (Å²) in [5.41, 5.74) is 5.57. The van der Waals surface area contributed by atoms with Crippen LogP contribution in [-0.2, 0) is 6.42 Å². The predicted octanol–water partition coefficient (Wildman–Crippen LogP) is 4.26. The number of likely N-dealkylation sites (N-methyl/N-ethyl adjacent to an activating group) is 1. The van der Waals surface area contributed by atoms with E-state index < -0.39 is 0 Å². The fourth-order valence-corrected chi connectivity index (χ4v) is 2.91. The second kappa shape index (κ2) is 6.17. The van der Waals surface area contributed by atoms with Gasteiger partial charge in [0.25, 0.3) is 0 Å². The van der Waals surface area contributed by atoms with Gasteiger partial charge in [-0.1, -0.05) is 25.1 Å². The highest BCUT2D eigenvalue weighted by Gasteiger charge is 2.11. The molecular formula is C16H21NS. The minimum absolute atomic E-state index is 0.434. The predicted molar refractivity (Wildman–Crippen MR) is 80.4 cm³/mol. The van der Waals surface area contributed by atoms with Crippen molar-refractivity contribution in [2.45, 2.75) is 33.2 Å². The van der Waals surface area contributed by atoms with Crippen molar-refractivity contribution in [2.75, 3.05) is 6.54 Å².